The van der Waals surface area contributed by atoms with E-state index >= 15 is 4.39 Å². The molecule has 0 bridgehead atoms. The first-order valence-corrected chi connectivity index (χ1v) is 12.0. The largest absolute Gasteiger partial charge is 0.496 e. The van der Waals surface area contributed by atoms with Crippen molar-refractivity contribution in [3.8, 4) is 16.9 Å². The lowest BCUT2D eigenvalue weighted by atomic mass is 9.93. The second-order valence-corrected chi connectivity index (χ2v) is 9.24. The van der Waals surface area contributed by atoms with Crippen LogP contribution in [-0.4, -0.2) is 54.1 Å². The van der Waals surface area contributed by atoms with Crippen molar-refractivity contribution in [2.75, 3.05) is 38.2 Å². The number of amides is 1. The van der Waals surface area contributed by atoms with Crippen LogP contribution in [0.3, 0.4) is 0 Å². The van der Waals surface area contributed by atoms with Gasteiger partial charge in [-0.15, -0.1) is 0 Å². The molecular formula is C28H28F2N4O2. The molecular weight excluding hydrogens is 462 g/mol. The maximum atomic E-state index is 15.6. The fourth-order valence-electron chi connectivity index (χ4n) is 4.81. The fraction of sp³-hybridized carbons (Fsp3) is 0.286. The molecule has 1 aliphatic heterocycles. The van der Waals surface area contributed by atoms with Gasteiger partial charge in [-0.1, -0.05) is 32.0 Å². The van der Waals surface area contributed by atoms with E-state index in [1.165, 1.54) is 6.07 Å². The molecule has 1 fully saturated rings. The van der Waals surface area contributed by atoms with Gasteiger partial charge in [-0.25, -0.2) is 13.8 Å². The van der Waals surface area contributed by atoms with Gasteiger partial charge in [0, 0.05) is 43.3 Å². The summed E-state index contributed by atoms with van der Waals surface area (Å²) in [7, 11) is 1.60. The molecule has 0 aliphatic carbocycles. The van der Waals surface area contributed by atoms with Crippen molar-refractivity contribution < 1.29 is 18.3 Å². The summed E-state index contributed by atoms with van der Waals surface area (Å²) in [5.41, 5.74) is 2.82. The van der Waals surface area contributed by atoms with Crippen molar-refractivity contribution >= 4 is 22.6 Å². The maximum Gasteiger partial charge on any atom is 0.270 e. The van der Waals surface area contributed by atoms with E-state index in [0.717, 1.165) is 11.1 Å². The lowest BCUT2D eigenvalue weighted by Gasteiger charge is -2.35. The number of halogens is 2. The Balaban J connectivity index is 1.49. The summed E-state index contributed by atoms with van der Waals surface area (Å²) in [5, 5.41) is 0.624. The normalized spacial score (nSPS) is 14.1. The number of rotatable bonds is 5. The number of piperazine rings is 1. The van der Waals surface area contributed by atoms with Crippen LogP contribution in [0.1, 0.15) is 35.8 Å². The molecule has 1 saturated heterocycles. The van der Waals surface area contributed by atoms with Gasteiger partial charge in [0.1, 0.15) is 11.4 Å². The third kappa shape index (κ3) is 4.17. The second-order valence-electron chi connectivity index (χ2n) is 9.24. The van der Waals surface area contributed by atoms with Gasteiger partial charge < -0.3 is 19.5 Å². The van der Waals surface area contributed by atoms with Gasteiger partial charge in [-0.3, -0.25) is 4.79 Å². The van der Waals surface area contributed by atoms with E-state index in [1.54, 1.807) is 30.3 Å². The lowest BCUT2D eigenvalue weighted by Crippen LogP contribution is -2.49. The van der Waals surface area contributed by atoms with Gasteiger partial charge in [0.25, 0.3) is 5.91 Å². The zero-order valence-electron chi connectivity index (χ0n) is 20.5. The SMILES string of the molecule is COc1ccccc1-c1cc(C(C)C)c(F)c2[nH]c(C(=O)N3CCN(c4ncccc4F)CC3)cc12. The number of hydrogen-bond acceptors (Lipinski definition) is 4. The Labute approximate surface area is 208 Å². The Morgan fingerprint density at radius 3 is 2.47 bits per heavy atom. The number of anilines is 1. The highest BCUT2D eigenvalue weighted by atomic mass is 19.1. The zero-order chi connectivity index (χ0) is 25.4. The molecule has 0 radical (unpaired) electrons. The molecule has 3 heterocycles. The predicted octanol–water partition coefficient (Wildman–Crippen LogP) is 5.60. The third-order valence-corrected chi connectivity index (χ3v) is 6.74. The standard InChI is InChI=1S/C28H28F2N4O2/c1-17(2)19-15-20(18-7-4-5-9-24(18)36-3)21-16-23(32-26(21)25(19)30)28(35)34-13-11-33(12-14-34)27-22(29)8-6-10-31-27/h4-10,15-17,32H,11-14H2,1-3H3. The van der Waals surface area contributed by atoms with Crippen LogP contribution in [0.15, 0.2) is 54.7 Å². The number of ether oxygens (including phenoxy) is 1. The van der Waals surface area contributed by atoms with Crippen LogP contribution in [0.5, 0.6) is 5.75 Å². The number of hydrogen-bond donors (Lipinski definition) is 1. The van der Waals surface area contributed by atoms with Crippen LogP contribution >= 0.6 is 0 Å². The van der Waals surface area contributed by atoms with Crippen LogP contribution in [-0.2, 0) is 0 Å². The van der Waals surface area contributed by atoms with E-state index in [2.05, 4.69) is 9.97 Å². The van der Waals surface area contributed by atoms with Crippen LogP contribution in [0, 0.1) is 11.6 Å². The number of carbonyl (C=O) groups is 1. The molecule has 0 saturated carbocycles. The quantitative estimate of drug-likeness (QED) is 0.396. The molecule has 1 N–H and O–H groups in total. The van der Waals surface area contributed by atoms with Gasteiger partial charge in [0.2, 0.25) is 0 Å². The summed E-state index contributed by atoms with van der Waals surface area (Å²) in [6.07, 6.45) is 1.56. The van der Waals surface area contributed by atoms with Crippen molar-refractivity contribution in [2.24, 2.45) is 0 Å². The molecule has 1 aliphatic rings. The molecule has 0 unspecified atom stereocenters. The molecule has 36 heavy (non-hydrogen) atoms. The van der Waals surface area contributed by atoms with Crippen molar-refractivity contribution in [2.45, 2.75) is 19.8 Å². The Kier molecular flexibility index (Phi) is 6.35. The van der Waals surface area contributed by atoms with Crippen molar-refractivity contribution in [1.82, 2.24) is 14.9 Å². The first-order valence-electron chi connectivity index (χ1n) is 12.0. The fourth-order valence-corrected chi connectivity index (χ4v) is 4.81. The highest BCUT2D eigenvalue weighted by Gasteiger charge is 2.27. The number of pyridine rings is 1. The van der Waals surface area contributed by atoms with E-state index < -0.39 is 0 Å². The van der Waals surface area contributed by atoms with Crippen LogP contribution in [0.25, 0.3) is 22.0 Å². The lowest BCUT2D eigenvalue weighted by molar-refractivity contribution is 0.0741. The number of aromatic amines is 1. The molecule has 186 valence electrons. The molecule has 4 aromatic rings. The zero-order valence-corrected chi connectivity index (χ0v) is 20.5. The summed E-state index contributed by atoms with van der Waals surface area (Å²) in [5.74, 6) is -0.0393. The number of methoxy groups -OCH3 is 1. The average molecular weight is 491 g/mol. The van der Waals surface area contributed by atoms with Gasteiger partial charge in [-0.2, -0.15) is 0 Å². The first-order chi connectivity index (χ1) is 17.4. The van der Waals surface area contributed by atoms with E-state index in [0.29, 0.717) is 59.9 Å². The Hall–Kier alpha value is -3.94. The summed E-state index contributed by atoms with van der Waals surface area (Å²) >= 11 is 0. The number of benzene rings is 2. The number of nitrogens with zero attached hydrogens (tertiary/aromatic N) is 3. The van der Waals surface area contributed by atoms with Crippen LogP contribution in [0.2, 0.25) is 0 Å². The van der Waals surface area contributed by atoms with Gasteiger partial charge >= 0.3 is 0 Å². The predicted molar refractivity (Wildman–Crippen MR) is 137 cm³/mol. The van der Waals surface area contributed by atoms with E-state index in [9.17, 15) is 9.18 Å². The third-order valence-electron chi connectivity index (χ3n) is 6.74. The van der Waals surface area contributed by atoms with E-state index in [4.69, 9.17) is 4.74 Å². The minimum Gasteiger partial charge on any atom is -0.496 e. The van der Waals surface area contributed by atoms with Crippen molar-refractivity contribution in [1.29, 1.82) is 0 Å². The topological polar surface area (TPSA) is 61.5 Å². The second kappa shape index (κ2) is 9.60. The monoisotopic (exact) mass is 490 g/mol. The number of para-hydroxylation sites is 1. The number of aromatic nitrogens is 2. The molecule has 0 atom stereocenters. The Bertz CT molecular complexity index is 1420. The first kappa shape index (κ1) is 23.8. The molecule has 1 amide bonds. The van der Waals surface area contributed by atoms with Crippen molar-refractivity contribution in [3.63, 3.8) is 0 Å². The number of fused-ring (bicyclic) bond motifs is 1. The smallest absolute Gasteiger partial charge is 0.270 e. The molecule has 6 nitrogen and oxygen atoms in total. The number of carbonyl (C=O) groups excluding carboxylic acids is 1. The summed E-state index contributed by atoms with van der Waals surface area (Å²) in [4.78, 5) is 24.1. The van der Waals surface area contributed by atoms with E-state index in [1.807, 2.05) is 49.1 Å². The summed E-state index contributed by atoms with van der Waals surface area (Å²) in [6.45, 7) is 5.60. The molecule has 8 heteroatoms. The minimum absolute atomic E-state index is 0.0506. The van der Waals surface area contributed by atoms with Gasteiger partial charge in [-0.05, 0) is 47.4 Å². The highest BCUT2D eigenvalue weighted by molar-refractivity contribution is 6.04. The number of nitrogens with one attached hydrogen (secondary N) is 1. The molecule has 2 aromatic heterocycles. The molecule has 5 rings (SSSR count). The maximum absolute atomic E-state index is 15.6. The average Bonchev–Trinajstić information content (AvgIpc) is 3.35. The molecule has 2 aromatic carbocycles. The van der Waals surface area contributed by atoms with Crippen LogP contribution < -0.4 is 9.64 Å². The van der Waals surface area contributed by atoms with Crippen LogP contribution in [0.4, 0.5) is 14.6 Å². The summed E-state index contributed by atoms with van der Waals surface area (Å²) < 4.78 is 35.3. The Morgan fingerprint density at radius 2 is 1.78 bits per heavy atom. The summed E-state index contributed by atoms with van der Waals surface area (Å²) in [6, 6.07) is 14.1. The molecule has 0 spiro atoms. The Morgan fingerprint density at radius 1 is 1.03 bits per heavy atom. The number of H-pyrrole nitrogens is 1. The van der Waals surface area contributed by atoms with Gasteiger partial charge in [0.05, 0.1) is 12.6 Å². The van der Waals surface area contributed by atoms with E-state index in [-0.39, 0.29) is 23.5 Å². The van der Waals surface area contributed by atoms with Gasteiger partial charge in [0.15, 0.2) is 17.5 Å². The minimum atomic E-state index is -0.381. The van der Waals surface area contributed by atoms with Crippen molar-refractivity contribution in [3.05, 3.63) is 77.6 Å². The highest BCUT2D eigenvalue weighted by Crippen LogP contribution is 2.39.